The third-order valence-electron chi connectivity index (χ3n) is 5.84. The molecule has 3 aromatic rings. The topological polar surface area (TPSA) is 58.4 Å². The summed E-state index contributed by atoms with van der Waals surface area (Å²) in [6, 6.07) is 31.5. The van der Waals surface area contributed by atoms with Crippen LogP contribution in [0.2, 0.25) is 0 Å². The van der Waals surface area contributed by atoms with Crippen LogP contribution in [-0.2, 0) is 22.1 Å². The van der Waals surface area contributed by atoms with Crippen molar-refractivity contribution in [1.29, 1.82) is 0 Å². The van der Waals surface area contributed by atoms with Crippen LogP contribution < -0.4 is 11.1 Å². The van der Waals surface area contributed by atoms with Crippen LogP contribution in [0.1, 0.15) is 16.7 Å². The standard InChI is InChI=1S/C30H39N3OS3/c31-16-17-32-30(34)29(25-37-24-28-14-8-3-9-15-28)33(18-20-35-22-26-10-4-1-5-11-26)19-21-36-23-27-12-6-2-7-13-27/h1-15,29H,16-25,31H2,(H,32,34). The third kappa shape index (κ3) is 12.0. The lowest BCUT2D eigenvalue weighted by molar-refractivity contribution is -0.125. The van der Waals surface area contributed by atoms with E-state index in [1.165, 1.54) is 16.7 Å². The van der Waals surface area contributed by atoms with Crippen molar-refractivity contribution in [2.75, 3.05) is 43.4 Å². The molecule has 198 valence electrons. The van der Waals surface area contributed by atoms with Crippen LogP contribution in [0.25, 0.3) is 0 Å². The Kier molecular flexibility index (Phi) is 14.7. The molecule has 0 aromatic heterocycles. The monoisotopic (exact) mass is 553 g/mol. The summed E-state index contributed by atoms with van der Waals surface area (Å²) in [5.41, 5.74) is 9.67. The molecule has 7 heteroatoms. The van der Waals surface area contributed by atoms with E-state index >= 15 is 0 Å². The molecule has 0 aliphatic rings. The Labute approximate surface area is 235 Å². The number of nitrogens with two attached hydrogens (primary N) is 1. The lowest BCUT2D eigenvalue weighted by atomic mass is 10.2. The number of carbonyl (C=O) groups is 1. The van der Waals surface area contributed by atoms with E-state index in [0.717, 1.165) is 47.6 Å². The van der Waals surface area contributed by atoms with Gasteiger partial charge < -0.3 is 11.1 Å². The largest absolute Gasteiger partial charge is 0.353 e. The van der Waals surface area contributed by atoms with Gasteiger partial charge in [-0.1, -0.05) is 91.0 Å². The number of nitrogens with zero attached hydrogens (tertiary/aromatic N) is 1. The molecule has 1 atom stereocenters. The Balaban J connectivity index is 1.59. The van der Waals surface area contributed by atoms with E-state index in [9.17, 15) is 4.79 Å². The van der Waals surface area contributed by atoms with Crippen LogP contribution in [0.3, 0.4) is 0 Å². The Morgan fingerprint density at radius 2 is 1.14 bits per heavy atom. The van der Waals surface area contributed by atoms with Gasteiger partial charge in [-0.2, -0.15) is 35.3 Å². The minimum absolute atomic E-state index is 0.0899. The highest BCUT2D eigenvalue weighted by Gasteiger charge is 2.25. The summed E-state index contributed by atoms with van der Waals surface area (Å²) in [5.74, 6) is 5.71. The van der Waals surface area contributed by atoms with Gasteiger partial charge >= 0.3 is 0 Å². The first kappa shape index (κ1) is 29.7. The van der Waals surface area contributed by atoms with Crippen molar-refractivity contribution < 1.29 is 4.79 Å². The molecular formula is C30H39N3OS3. The molecule has 0 spiro atoms. The summed E-state index contributed by atoms with van der Waals surface area (Å²) in [6.07, 6.45) is 0. The van der Waals surface area contributed by atoms with E-state index in [1.807, 2.05) is 41.4 Å². The highest BCUT2D eigenvalue weighted by atomic mass is 32.2. The maximum Gasteiger partial charge on any atom is 0.238 e. The highest BCUT2D eigenvalue weighted by Crippen LogP contribution is 2.19. The molecule has 3 aromatic carbocycles. The van der Waals surface area contributed by atoms with Crippen molar-refractivity contribution >= 4 is 41.2 Å². The Morgan fingerprint density at radius 3 is 1.57 bits per heavy atom. The molecule has 37 heavy (non-hydrogen) atoms. The van der Waals surface area contributed by atoms with Crippen molar-refractivity contribution in [3.05, 3.63) is 108 Å². The number of benzene rings is 3. The fraction of sp³-hybridized carbons (Fsp3) is 0.367. The number of rotatable bonds is 18. The van der Waals surface area contributed by atoms with Crippen molar-refractivity contribution in [1.82, 2.24) is 10.2 Å². The molecule has 0 radical (unpaired) electrons. The van der Waals surface area contributed by atoms with Crippen LogP contribution in [-0.4, -0.2) is 60.3 Å². The fourth-order valence-corrected chi connectivity index (χ4v) is 6.84. The number of amides is 1. The molecule has 3 N–H and O–H groups in total. The normalized spacial score (nSPS) is 11.9. The van der Waals surface area contributed by atoms with Gasteiger partial charge in [-0.3, -0.25) is 9.69 Å². The molecule has 0 saturated heterocycles. The summed E-state index contributed by atoms with van der Waals surface area (Å²) in [6.45, 7) is 2.74. The average Bonchev–Trinajstić information content (AvgIpc) is 2.95. The lowest BCUT2D eigenvalue weighted by Crippen LogP contribution is -2.50. The molecule has 3 rings (SSSR count). The predicted molar refractivity (Wildman–Crippen MR) is 165 cm³/mol. The van der Waals surface area contributed by atoms with Crippen LogP contribution in [0, 0.1) is 0 Å². The van der Waals surface area contributed by atoms with Crippen LogP contribution in [0.15, 0.2) is 91.0 Å². The first-order valence-corrected chi connectivity index (χ1v) is 16.3. The average molecular weight is 554 g/mol. The lowest BCUT2D eigenvalue weighted by Gasteiger charge is -2.30. The minimum Gasteiger partial charge on any atom is -0.353 e. The number of carbonyl (C=O) groups excluding carboxylic acids is 1. The zero-order chi connectivity index (χ0) is 26.0. The van der Waals surface area contributed by atoms with Gasteiger partial charge in [-0.25, -0.2) is 0 Å². The predicted octanol–water partition coefficient (Wildman–Crippen LogP) is 5.53. The molecule has 1 amide bonds. The molecule has 0 bridgehead atoms. The molecule has 4 nitrogen and oxygen atoms in total. The zero-order valence-electron chi connectivity index (χ0n) is 21.5. The minimum atomic E-state index is -0.171. The second kappa shape index (κ2) is 18.4. The van der Waals surface area contributed by atoms with Crippen molar-refractivity contribution in [3.8, 4) is 0 Å². The molecule has 1 unspecified atom stereocenters. The summed E-state index contributed by atoms with van der Waals surface area (Å²) in [4.78, 5) is 15.6. The number of hydrogen-bond acceptors (Lipinski definition) is 6. The second-order valence-electron chi connectivity index (χ2n) is 8.71. The Bertz CT molecular complexity index is 945. The molecule has 0 heterocycles. The van der Waals surface area contributed by atoms with Crippen molar-refractivity contribution in [3.63, 3.8) is 0 Å². The van der Waals surface area contributed by atoms with Gasteiger partial charge in [0.25, 0.3) is 0 Å². The molecule has 0 fully saturated rings. The number of nitrogens with one attached hydrogen (secondary N) is 1. The fourth-order valence-electron chi connectivity index (χ4n) is 3.84. The van der Waals surface area contributed by atoms with Gasteiger partial charge in [-0.15, -0.1) is 0 Å². The molecule has 0 aliphatic carbocycles. The maximum atomic E-state index is 13.3. The van der Waals surface area contributed by atoms with Gasteiger partial charge in [0.15, 0.2) is 0 Å². The van der Waals surface area contributed by atoms with E-state index in [2.05, 4.69) is 95.1 Å². The van der Waals surface area contributed by atoms with Crippen molar-refractivity contribution in [2.45, 2.75) is 23.3 Å². The maximum absolute atomic E-state index is 13.3. The zero-order valence-corrected chi connectivity index (χ0v) is 23.9. The van der Waals surface area contributed by atoms with E-state index in [-0.39, 0.29) is 11.9 Å². The summed E-state index contributed by atoms with van der Waals surface area (Å²) >= 11 is 5.69. The third-order valence-corrected chi connectivity index (χ3v) is 8.95. The highest BCUT2D eigenvalue weighted by molar-refractivity contribution is 7.99. The number of hydrogen-bond donors (Lipinski definition) is 2. The summed E-state index contributed by atoms with van der Waals surface area (Å²) < 4.78 is 0. The quantitative estimate of drug-likeness (QED) is 0.202. The van der Waals surface area contributed by atoms with Crippen LogP contribution in [0.5, 0.6) is 0 Å². The molecule has 0 saturated carbocycles. The summed E-state index contributed by atoms with van der Waals surface area (Å²) in [5, 5.41) is 3.06. The Hall–Kier alpha value is -1.90. The first-order valence-electron chi connectivity index (χ1n) is 12.8. The van der Waals surface area contributed by atoms with Gasteiger partial charge in [0.2, 0.25) is 5.91 Å². The first-order chi connectivity index (χ1) is 18.3. The molecule has 0 aliphatic heterocycles. The van der Waals surface area contributed by atoms with E-state index in [0.29, 0.717) is 13.1 Å². The smallest absolute Gasteiger partial charge is 0.238 e. The van der Waals surface area contributed by atoms with E-state index in [1.54, 1.807) is 0 Å². The van der Waals surface area contributed by atoms with E-state index < -0.39 is 0 Å². The SMILES string of the molecule is NCCNC(=O)C(CSCc1ccccc1)N(CCSCc1ccccc1)CCSCc1ccccc1. The summed E-state index contributed by atoms with van der Waals surface area (Å²) in [7, 11) is 0. The van der Waals surface area contributed by atoms with Crippen LogP contribution >= 0.6 is 35.3 Å². The van der Waals surface area contributed by atoms with Gasteiger partial charge in [0.1, 0.15) is 0 Å². The van der Waals surface area contributed by atoms with Crippen molar-refractivity contribution in [2.24, 2.45) is 5.73 Å². The van der Waals surface area contributed by atoms with E-state index in [4.69, 9.17) is 5.73 Å². The van der Waals surface area contributed by atoms with Gasteiger partial charge in [0.05, 0.1) is 6.04 Å². The number of thioether (sulfide) groups is 3. The van der Waals surface area contributed by atoms with Crippen LogP contribution in [0.4, 0.5) is 0 Å². The van der Waals surface area contributed by atoms with Gasteiger partial charge in [0, 0.05) is 60.7 Å². The second-order valence-corrected chi connectivity index (χ2v) is 11.9. The molecular weight excluding hydrogens is 515 g/mol. The van der Waals surface area contributed by atoms with Gasteiger partial charge in [-0.05, 0) is 16.7 Å². The Morgan fingerprint density at radius 1 is 0.703 bits per heavy atom.